The molecule has 0 fully saturated rings. The minimum Gasteiger partial charge on any atom is -0.388 e. The van der Waals surface area contributed by atoms with Crippen LogP contribution in [0.15, 0.2) is 18.2 Å². The van der Waals surface area contributed by atoms with E-state index >= 15 is 0 Å². The van der Waals surface area contributed by atoms with Crippen molar-refractivity contribution in [2.45, 2.75) is 25.9 Å². The SMILES string of the molecule is Cc1cc(C(O)CCCN)ccc1F. The highest BCUT2D eigenvalue weighted by Gasteiger charge is 2.08. The normalized spacial score (nSPS) is 12.9. The van der Waals surface area contributed by atoms with E-state index in [1.54, 1.807) is 19.1 Å². The van der Waals surface area contributed by atoms with E-state index in [2.05, 4.69) is 0 Å². The van der Waals surface area contributed by atoms with Crippen LogP contribution in [0.3, 0.4) is 0 Å². The van der Waals surface area contributed by atoms with E-state index in [1.165, 1.54) is 6.07 Å². The summed E-state index contributed by atoms with van der Waals surface area (Å²) >= 11 is 0. The van der Waals surface area contributed by atoms with Crippen LogP contribution in [0.4, 0.5) is 4.39 Å². The van der Waals surface area contributed by atoms with Gasteiger partial charge in [-0.15, -0.1) is 0 Å². The molecule has 1 rings (SSSR count). The third-order valence-corrected chi connectivity index (χ3v) is 2.25. The minimum absolute atomic E-state index is 0.236. The van der Waals surface area contributed by atoms with Gasteiger partial charge >= 0.3 is 0 Å². The Labute approximate surface area is 83.6 Å². The predicted octanol–water partition coefficient (Wildman–Crippen LogP) is 1.91. The fourth-order valence-corrected chi connectivity index (χ4v) is 1.35. The second-order valence-corrected chi connectivity index (χ2v) is 3.46. The summed E-state index contributed by atoms with van der Waals surface area (Å²) in [4.78, 5) is 0. The zero-order valence-corrected chi connectivity index (χ0v) is 8.33. The lowest BCUT2D eigenvalue weighted by atomic mass is 10.0. The molecule has 0 heterocycles. The van der Waals surface area contributed by atoms with Gasteiger partial charge in [0.2, 0.25) is 0 Å². The summed E-state index contributed by atoms with van der Waals surface area (Å²) < 4.78 is 12.9. The van der Waals surface area contributed by atoms with Crippen molar-refractivity contribution in [1.29, 1.82) is 0 Å². The molecule has 0 saturated heterocycles. The molecule has 1 aromatic rings. The lowest BCUT2D eigenvalue weighted by molar-refractivity contribution is 0.165. The van der Waals surface area contributed by atoms with Crippen molar-refractivity contribution in [2.75, 3.05) is 6.54 Å². The summed E-state index contributed by atoms with van der Waals surface area (Å²) in [7, 11) is 0. The van der Waals surface area contributed by atoms with Crippen LogP contribution in [0, 0.1) is 12.7 Å². The molecule has 0 amide bonds. The Morgan fingerprint density at radius 1 is 1.50 bits per heavy atom. The second-order valence-electron chi connectivity index (χ2n) is 3.46. The molecular formula is C11H16FNO. The van der Waals surface area contributed by atoms with E-state index in [9.17, 15) is 9.50 Å². The number of halogens is 1. The number of aliphatic hydroxyl groups is 1. The third kappa shape index (κ3) is 2.79. The van der Waals surface area contributed by atoms with Gasteiger partial charge in [-0.3, -0.25) is 0 Å². The molecule has 3 heteroatoms. The Kier molecular flexibility index (Phi) is 4.04. The highest BCUT2D eigenvalue weighted by atomic mass is 19.1. The maximum Gasteiger partial charge on any atom is 0.126 e. The Bertz CT molecular complexity index is 301. The number of benzene rings is 1. The molecule has 0 aliphatic carbocycles. The first kappa shape index (κ1) is 11.1. The molecule has 1 atom stereocenters. The number of hydrogen-bond donors (Lipinski definition) is 2. The van der Waals surface area contributed by atoms with E-state index < -0.39 is 6.10 Å². The van der Waals surface area contributed by atoms with Crippen LogP contribution in [0.2, 0.25) is 0 Å². The van der Waals surface area contributed by atoms with E-state index in [0.717, 1.165) is 12.0 Å². The fraction of sp³-hybridized carbons (Fsp3) is 0.455. The largest absolute Gasteiger partial charge is 0.388 e. The van der Waals surface area contributed by atoms with E-state index in [-0.39, 0.29) is 5.82 Å². The van der Waals surface area contributed by atoms with Gasteiger partial charge in [-0.25, -0.2) is 4.39 Å². The highest BCUT2D eigenvalue weighted by molar-refractivity contribution is 5.25. The van der Waals surface area contributed by atoms with Crippen LogP contribution in [-0.4, -0.2) is 11.7 Å². The van der Waals surface area contributed by atoms with Gasteiger partial charge in [-0.1, -0.05) is 12.1 Å². The maximum absolute atomic E-state index is 12.9. The monoisotopic (exact) mass is 197 g/mol. The van der Waals surface area contributed by atoms with Gasteiger partial charge in [0.15, 0.2) is 0 Å². The first-order valence-corrected chi connectivity index (χ1v) is 4.79. The molecule has 1 unspecified atom stereocenters. The number of aliphatic hydroxyl groups excluding tert-OH is 1. The van der Waals surface area contributed by atoms with Gasteiger partial charge in [0.05, 0.1) is 6.10 Å². The number of hydrogen-bond acceptors (Lipinski definition) is 2. The molecule has 0 aromatic heterocycles. The van der Waals surface area contributed by atoms with Crippen molar-refractivity contribution < 1.29 is 9.50 Å². The van der Waals surface area contributed by atoms with Crippen LogP contribution in [0.1, 0.15) is 30.1 Å². The Morgan fingerprint density at radius 3 is 2.79 bits per heavy atom. The first-order chi connectivity index (χ1) is 6.65. The zero-order chi connectivity index (χ0) is 10.6. The smallest absolute Gasteiger partial charge is 0.126 e. The molecule has 0 spiro atoms. The fourth-order valence-electron chi connectivity index (χ4n) is 1.35. The standard InChI is InChI=1S/C11H16FNO/c1-8-7-9(4-5-10(8)12)11(14)3-2-6-13/h4-5,7,11,14H,2-3,6,13H2,1H3. The number of rotatable bonds is 4. The number of aryl methyl sites for hydroxylation is 1. The average Bonchev–Trinajstić information content (AvgIpc) is 2.18. The van der Waals surface area contributed by atoms with Crippen molar-refractivity contribution >= 4 is 0 Å². The molecule has 0 saturated carbocycles. The summed E-state index contributed by atoms with van der Waals surface area (Å²) in [5.74, 6) is -0.236. The molecule has 0 aliphatic heterocycles. The highest BCUT2D eigenvalue weighted by Crippen LogP contribution is 2.20. The molecule has 0 radical (unpaired) electrons. The van der Waals surface area contributed by atoms with E-state index in [0.29, 0.717) is 18.5 Å². The quantitative estimate of drug-likeness (QED) is 0.774. The van der Waals surface area contributed by atoms with Crippen LogP contribution in [0.25, 0.3) is 0 Å². The summed E-state index contributed by atoms with van der Waals surface area (Å²) in [5.41, 5.74) is 6.66. The molecule has 0 bridgehead atoms. The molecule has 2 nitrogen and oxygen atoms in total. The summed E-state index contributed by atoms with van der Waals surface area (Å²) in [5, 5.41) is 9.69. The zero-order valence-electron chi connectivity index (χ0n) is 8.33. The molecular weight excluding hydrogens is 181 g/mol. The predicted molar refractivity (Wildman–Crippen MR) is 54.4 cm³/mol. The first-order valence-electron chi connectivity index (χ1n) is 4.79. The van der Waals surface area contributed by atoms with Gasteiger partial charge in [-0.2, -0.15) is 0 Å². The minimum atomic E-state index is -0.530. The van der Waals surface area contributed by atoms with Crippen molar-refractivity contribution in [3.05, 3.63) is 35.1 Å². The second kappa shape index (κ2) is 5.08. The topological polar surface area (TPSA) is 46.2 Å². The van der Waals surface area contributed by atoms with Crippen molar-refractivity contribution in [1.82, 2.24) is 0 Å². The molecule has 78 valence electrons. The summed E-state index contributed by atoms with van der Waals surface area (Å²) in [6, 6.07) is 4.68. The van der Waals surface area contributed by atoms with Crippen molar-refractivity contribution in [3.8, 4) is 0 Å². The van der Waals surface area contributed by atoms with Crippen molar-refractivity contribution in [2.24, 2.45) is 5.73 Å². The van der Waals surface area contributed by atoms with Crippen molar-refractivity contribution in [3.63, 3.8) is 0 Å². The molecule has 3 N–H and O–H groups in total. The van der Waals surface area contributed by atoms with Gasteiger partial charge in [-0.05, 0) is 43.5 Å². The average molecular weight is 197 g/mol. The lowest BCUT2D eigenvalue weighted by Crippen LogP contribution is -2.04. The summed E-state index contributed by atoms with van der Waals surface area (Å²) in [6.07, 6.45) is 0.872. The van der Waals surface area contributed by atoms with Gasteiger partial charge in [0.25, 0.3) is 0 Å². The van der Waals surface area contributed by atoms with E-state index in [4.69, 9.17) is 5.73 Å². The van der Waals surface area contributed by atoms with Crippen LogP contribution in [-0.2, 0) is 0 Å². The Balaban J connectivity index is 2.70. The van der Waals surface area contributed by atoms with Crippen LogP contribution in [0.5, 0.6) is 0 Å². The Hall–Kier alpha value is -0.930. The molecule has 1 aromatic carbocycles. The lowest BCUT2D eigenvalue weighted by Gasteiger charge is -2.11. The molecule has 14 heavy (non-hydrogen) atoms. The van der Waals surface area contributed by atoms with Crippen LogP contribution < -0.4 is 5.73 Å². The maximum atomic E-state index is 12.9. The third-order valence-electron chi connectivity index (χ3n) is 2.25. The summed E-state index contributed by atoms with van der Waals surface area (Å²) in [6.45, 7) is 2.26. The van der Waals surface area contributed by atoms with E-state index in [1.807, 2.05) is 0 Å². The van der Waals surface area contributed by atoms with Crippen LogP contribution >= 0.6 is 0 Å². The number of nitrogens with two attached hydrogens (primary N) is 1. The van der Waals surface area contributed by atoms with Gasteiger partial charge < -0.3 is 10.8 Å². The molecule has 0 aliphatic rings. The van der Waals surface area contributed by atoms with Gasteiger partial charge in [0.1, 0.15) is 5.82 Å². The van der Waals surface area contributed by atoms with Gasteiger partial charge in [0, 0.05) is 0 Å². The Morgan fingerprint density at radius 2 is 2.21 bits per heavy atom.